The second kappa shape index (κ2) is 8.35. The van der Waals surface area contributed by atoms with Crippen LogP contribution in [0.5, 0.6) is 5.75 Å². The largest absolute Gasteiger partial charge is 0.490 e. The number of benzene rings is 2. The van der Waals surface area contributed by atoms with Gasteiger partial charge >= 0.3 is 0 Å². The van der Waals surface area contributed by atoms with Crippen molar-refractivity contribution in [1.82, 2.24) is 20.2 Å². The molecule has 0 unspecified atom stereocenters. The fourth-order valence-corrected chi connectivity index (χ4v) is 6.03. The van der Waals surface area contributed by atoms with Crippen molar-refractivity contribution < 1.29 is 32.1 Å². The summed E-state index contributed by atoms with van der Waals surface area (Å²) >= 11 is 0. The summed E-state index contributed by atoms with van der Waals surface area (Å²) in [5, 5.41) is 21.9. The maximum absolute atomic E-state index is 16.3. The van der Waals surface area contributed by atoms with Crippen molar-refractivity contribution in [2.75, 3.05) is 19.8 Å². The van der Waals surface area contributed by atoms with Crippen molar-refractivity contribution in [3.63, 3.8) is 0 Å². The first kappa shape index (κ1) is 24.1. The molecular formula is C26H24F4N4O3. The van der Waals surface area contributed by atoms with Gasteiger partial charge in [-0.2, -0.15) is 0 Å². The van der Waals surface area contributed by atoms with Crippen molar-refractivity contribution in [2.45, 2.75) is 42.7 Å². The molecular weight excluding hydrogens is 492 g/mol. The number of nitrogens with zero attached hydrogens (tertiary/aromatic N) is 4. The maximum Gasteiger partial charge on any atom is 0.287 e. The standard InChI is InChI=1S/C26H24F4N4O3/c27-19-3-6-21(22(28)9-19)25(35,15-34-16-31-32-33-34)26(29,30)24-12-23(13-24,14-24)18-1-4-20(5-2-18)37-8-7-17-10-36-11-17/h1-7,9,16,35H,8,10-15H2/t23?,24?,25-/m1/s1. The molecule has 11 heteroatoms. The summed E-state index contributed by atoms with van der Waals surface area (Å²) in [6.45, 7) is 0.905. The predicted octanol–water partition coefficient (Wildman–Crippen LogP) is 3.93. The smallest absolute Gasteiger partial charge is 0.287 e. The Hall–Kier alpha value is -3.31. The van der Waals surface area contributed by atoms with E-state index in [1.54, 1.807) is 0 Å². The zero-order chi connectivity index (χ0) is 25.9. The van der Waals surface area contributed by atoms with Crippen LogP contribution in [0.1, 0.15) is 30.4 Å². The van der Waals surface area contributed by atoms with Crippen LogP contribution in [-0.4, -0.2) is 51.1 Å². The minimum Gasteiger partial charge on any atom is -0.490 e. The van der Waals surface area contributed by atoms with Gasteiger partial charge in [-0.15, -0.1) is 5.10 Å². The summed E-state index contributed by atoms with van der Waals surface area (Å²) in [7, 11) is 0. The number of hydrogen-bond donors (Lipinski definition) is 1. The normalized spacial score (nSPS) is 25.9. The van der Waals surface area contributed by atoms with E-state index >= 15 is 8.78 Å². The summed E-state index contributed by atoms with van der Waals surface area (Å²) in [6.07, 6.45) is 3.41. The quantitative estimate of drug-likeness (QED) is 0.343. The van der Waals surface area contributed by atoms with Gasteiger partial charge in [-0.25, -0.2) is 22.2 Å². The van der Waals surface area contributed by atoms with Gasteiger partial charge in [0.05, 0.1) is 19.8 Å². The number of aliphatic hydroxyl groups is 1. The Morgan fingerprint density at radius 3 is 2.41 bits per heavy atom. The fraction of sp³-hybridized carbons (Fsp3) is 0.423. The number of tetrazole rings is 1. The topological polar surface area (TPSA) is 82.3 Å². The average molecular weight is 516 g/mol. The molecule has 1 aromatic heterocycles. The highest BCUT2D eigenvalue weighted by atomic mass is 19.3. The van der Waals surface area contributed by atoms with Gasteiger partial charge in [-0.3, -0.25) is 0 Å². The number of halogens is 4. The van der Waals surface area contributed by atoms with E-state index < -0.39 is 46.1 Å². The molecule has 3 aromatic rings. The van der Waals surface area contributed by atoms with E-state index in [0.717, 1.165) is 28.7 Å². The zero-order valence-corrected chi connectivity index (χ0v) is 19.7. The molecule has 0 radical (unpaired) electrons. The van der Waals surface area contributed by atoms with Gasteiger partial charge in [0.25, 0.3) is 5.92 Å². The average Bonchev–Trinajstić information content (AvgIpc) is 3.27. The van der Waals surface area contributed by atoms with Crippen LogP contribution < -0.4 is 4.74 Å². The van der Waals surface area contributed by atoms with E-state index in [1.807, 2.05) is 30.3 Å². The van der Waals surface area contributed by atoms with E-state index in [4.69, 9.17) is 9.47 Å². The first-order valence-electron chi connectivity index (χ1n) is 11.9. The van der Waals surface area contributed by atoms with Crippen LogP contribution in [0.2, 0.25) is 0 Å². The molecule has 3 aliphatic carbocycles. The molecule has 4 aliphatic rings. The number of aromatic nitrogens is 4. The van der Waals surface area contributed by atoms with E-state index in [0.29, 0.717) is 31.6 Å². The molecule has 37 heavy (non-hydrogen) atoms. The van der Waals surface area contributed by atoms with E-state index in [2.05, 4.69) is 15.5 Å². The predicted molar refractivity (Wildman–Crippen MR) is 122 cm³/mol. The van der Waals surface area contributed by atoms with Gasteiger partial charge in [0.15, 0.2) is 5.60 Å². The van der Waals surface area contributed by atoms with Crippen LogP contribution in [0.25, 0.3) is 0 Å². The maximum atomic E-state index is 16.3. The summed E-state index contributed by atoms with van der Waals surface area (Å²) < 4.78 is 72.5. The van der Waals surface area contributed by atoms with E-state index in [9.17, 15) is 13.9 Å². The molecule has 2 bridgehead atoms. The molecule has 1 saturated heterocycles. The van der Waals surface area contributed by atoms with Crippen LogP contribution in [0, 0.1) is 17.0 Å². The van der Waals surface area contributed by atoms with Gasteiger partial charge in [0, 0.05) is 17.0 Å². The molecule has 0 amide bonds. The Balaban J connectivity index is 1.21. The first-order valence-corrected chi connectivity index (χ1v) is 11.9. The summed E-state index contributed by atoms with van der Waals surface area (Å²) in [6, 6.07) is 9.58. The molecule has 194 valence electrons. The first-order chi connectivity index (χ1) is 17.7. The molecule has 3 saturated carbocycles. The SMILES string of the molecule is O[C@](Cn1cnnn1)(c1ccc(F)cc1F)C(F)(F)C12CC(c3ccc(OCC=C4COC4)cc3)(C1)C2. The molecule has 4 fully saturated rings. The molecule has 1 N–H and O–H groups in total. The third-order valence-electron chi connectivity index (χ3n) is 8.04. The number of ether oxygens (including phenoxy) is 2. The molecule has 7 nitrogen and oxygen atoms in total. The fourth-order valence-electron chi connectivity index (χ4n) is 6.03. The molecule has 7 rings (SSSR count). The third-order valence-corrected chi connectivity index (χ3v) is 8.04. The van der Waals surface area contributed by atoms with Crippen LogP contribution in [-0.2, 0) is 22.3 Å². The second-order valence-corrected chi connectivity index (χ2v) is 10.3. The second-order valence-electron chi connectivity index (χ2n) is 10.3. The van der Waals surface area contributed by atoms with E-state index in [-0.39, 0.29) is 19.3 Å². The Labute approximate surface area is 209 Å². The van der Waals surface area contributed by atoms with Crippen LogP contribution in [0.15, 0.2) is 60.4 Å². The molecule has 1 aliphatic heterocycles. The lowest BCUT2D eigenvalue weighted by molar-refractivity contribution is -0.347. The lowest BCUT2D eigenvalue weighted by atomic mass is 9.30. The molecule has 2 heterocycles. The minimum absolute atomic E-state index is 0.125. The Morgan fingerprint density at radius 2 is 1.81 bits per heavy atom. The molecule has 0 spiro atoms. The lowest BCUT2D eigenvalue weighted by Gasteiger charge is -2.74. The number of alkyl halides is 2. The van der Waals surface area contributed by atoms with Crippen molar-refractivity contribution >= 4 is 0 Å². The van der Waals surface area contributed by atoms with Crippen LogP contribution in [0.3, 0.4) is 0 Å². The van der Waals surface area contributed by atoms with Crippen LogP contribution >= 0.6 is 0 Å². The van der Waals surface area contributed by atoms with Gasteiger partial charge in [-0.05, 0) is 76.6 Å². The van der Waals surface area contributed by atoms with Crippen molar-refractivity contribution in [2.24, 2.45) is 5.41 Å². The van der Waals surface area contributed by atoms with Gasteiger partial charge in [0.1, 0.15) is 30.3 Å². The number of rotatable bonds is 9. The lowest BCUT2D eigenvalue weighted by Crippen LogP contribution is -2.76. The van der Waals surface area contributed by atoms with E-state index in [1.165, 1.54) is 5.57 Å². The highest BCUT2D eigenvalue weighted by Crippen LogP contribution is 2.80. The highest BCUT2D eigenvalue weighted by Gasteiger charge is 2.82. The Bertz CT molecular complexity index is 1320. The van der Waals surface area contributed by atoms with Crippen LogP contribution in [0.4, 0.5) is 17.6 Å². The monoisotopic (exact) mass is 516 g/mol. The Kier molecular flexibility index (Phi) is 5.43. The van der Waals surface area contributed by atoms with Gasteiger partial charge in [0.2, 0.25) is 0 Å². The summed E-state index contributed by atoms with van der Waals surface area (Å²) in [4.78, 5) is 0. The number of hydrogen-bond acceptors (Lipinski definition) is 6. The Morgan fingerprint density at radius 1 is 1.08 bits per heavy atom. The molecule has 2 aromatic carbocycles. The minimum atomic E-state index is -3.76. The highest BCUT2D eigenvalue weighted by molar-refractivity contribution is 5.44. The zero-order valence-electron chi connectivity index (χ0n) is 19.7. The summed E-state index contributed by atoms with van der Waals surface area (Å²) in [5.41, 5.74) is -3.56. The molecule has 1 atom stereocenters. The van der Waals surface area contributed by atoms with Crippen molar-refractivity contribution in [3.8, 4) is 5.75 Å². The van der Waals surface area contributed by atoms with Crippen molar-refractivity contribution in [1.29, 1.82) is 0 Å². The summed E-state index contributed by atoms with van der Waals surface area (Å²) in [5.74, 6) is -5.27. The van der Waals surface area contributed by atoms with Crippen molar-refractivity contribution in [3.05, 3.63) is 83.2 Å². The van der Waals surface area contributed by atoms with Gasteiger partial charge < -0.3 is 14.6 Å². The third kappa shape index (κ3) is 3.66. The van der Waals surface area contributed by atoms with Gasteiger partial charge in [-0.1, -0.05) is 12.1 Å².